The molecule has 1 atom stereocenters. The van der Waals surface area contributed by atoms with Crippen molar-refractivity contribution in [2.75, 3.05) is 6.54 Å². The lowest BCUT2D eigenvalue weighted by Crippen LogP contribution is -2.30. The fraction of sp³-hybridized carbons (Fsp3) is 0.857. The highest BCUT2D eigenvalue weighted by molar-refractivity contribution is 8.15. The van der Waals surface area contributed by atoms with Gasteiger partial charge in [-0.3, -0.25) is 5.41 Å². The first-order valence-electron chi connectivity index (χ1n) is 3.50. The molecule has 0 radical (unpaired) electrons. The molecule has 0 amide bonds. The van der Waals surface area contributed by atoms with Crippen LogP contribution in [0.15, 0.2) is 0 Å². The Kier molecular flexibility index (Phi) is 4.44. The summed E-state index contributed by atoms with van der Waals surface area (Å²) in [6, 6.07) is 0. The summed E-state index contributed by atoms with van der Waals surface area (Å²) < 4.78 is -0.0478. The molecule has 0 spiro atoms. The van der Waals surface area contributed by atoms with Crippen LogP contribution in [0.2, 0.25) is 0 Å². The van der Waals surface area contributed by atoms with Gasteiger partial charge in [-0.1, -0.05) is 25.6 Å². The lowest BCUT2D eigenvalue weighted by molar-refractivity contribution is 0.543. The zero-order valence-corrected chi connectivity index (χ0v) is 8.72. The largest absolute Gasteiger partial charge is 0.330 e. The minimum atomic E-state index is -0.228. The van der Waals surface area contributed by atoms with Gasteiger partial charge in [-0.2, -0.15) is 0 Å². The number of thioether (sulfide) groups is 1. The monoisotopic (exact) mass is 194 g/mol. The van der Waals surface area contributed by atoms with E-state index in [9.17, 15) is 0 Å². The van der Waals surface area contributed by atoms with Crippen LogP contribution in [-0.2, 0) is 0 Å². The predicted molar refractivity (Wildman–Crippen MR) is 53.5 cm³/mol. The quantitative estimate of drug-likeness (QED) is 0.412. The van der Waals surface area contributed by atoms with E-state index in [1.54, 1.807) is 0 Å². The van der Waals surface area contributed by atoms with Crippen molar-refractivity contribution in [2.24, 2.45) is 11.1 Å². The molecule has 0 aliphatic heterocycles. The van der Waals surface area contributed by atoms with Gasteiger partial charge in [-0.25, -0.2) is 0 Å². The number of alkyl halides is 1. The average molecular weight is 195 g/mol. The number of hydrogen-bond acceptors (Lipinski definition) is 3. The van der Waals surface area contributed by atoms with E-state index in [0.717, 1.165) is 0 Å². The summed E-state index contributed by atoms with van der Waals surface area (Å²) in [6.45, 7) is 6.24. The van der Waals surface area contributed by atoms with Crippen LogP contribution in [0, 0.1) is 10.8 Å². The van der Waals surface area contributed by atoms with Gasteiger partial charge in [0.25, 0.3) is 0 Å². The molecule has 3 N–H and O–H groups in total. The second-order valence-electron chi connectivity index (χ2n) is 3.08. The van der Waals surface area contributed by atoms with E-state index in [2.05, 4.69) is 0 Å². The zero-order valence-electron chi connectivity index (χ0n) is 7.15. The molecule has 0 rings (SSSR count). The topological polar surface area (TPSA) is 49.9 Å². The van der Waals surface area contributed by atoms with Gasteiger partial charge < -0.3 is 5.73 Å². The van der Waals surface area contributed by atoms with Crippen molar-refractivity contribution in [3.63, 3.8) is 0 Å². The normalized spacial score (nSPS) is 14.6. The molecule has 2 nitrogen and oxygen atoms in total. The van der Waals surface area contributed by atoms with Gasteiger partial charge in [-0.05, 0) is 6.92 Å². The maximum absolute atomic E-state index is 7.62. The molecule has 11 heavy (non-hydrogen) atoms. The molecule has 0 saturated carbocycles. The van der Waals surface area contributed by atoms with Gasteiger partial charge in [0.1, 0.15) is 0 Å². The van der Waals surface area contributed by atoms with E-state index in [0.29, 0.717) is 11.6 Å². The highest BCUT2D eigenvalue weighted by atomic mass is 35.5. The van der Waals surface area contributed by atoms with E-state index in [1.807, 2.05) is 20.8 Å². The first-order valence-corrected chi connectivity index (χ1v) is 4.81. The third kappa shape index (κ3) is 3.99. The molecule has 0 fully saturated rings. The standard InChI is InChI=1S/C7H15ClN2S/c1-5(8)11-6(10)7(2,3)4-9/h5,10H,4,9H2,1-3H3. The number of nitrogens with two attached hydrogens (primary N) is 1. The fourth-order valence-corrected chi connectivity index (χ4v) is 1.41. The summed E-state index contributed by atoms with van der Waals surface area (Å²) in [7, 11) is 0. The lowest BCUT2D eigenvalue weighted by atomic mass is 9.96. The molecule has 0 heterocycles. The summed E-state index contributed by atoms with van der Waals surface area (Å²) in [5, 5.41) is 8.18. The third-order valence-electron chi connectivity index (χ3n) is 1.41. The Morgan fingerprint density at radius 1 is 1.73 bits per heavy atom. The second-order valence-corrected chi connectivity index (χ2v) is 5.34. The van der Waals surface area contributed by atoms with Gasteiger partial charge in [-0.15, -0.1) is 11.6 Å². The molecule has 0 aromatic rings. The van der Waals surface area contributed by atoms with Crippen molar-refractivity contribution in [1.29, 1.82) is 5.41 Å². The minimum absolute atomic E-state index is 0.0478. The van der Waals surface area contributed by atoms with Gasteiger partial charge >= 0.3 is 0 Å². The van der Waals surface area contributed by atoms with Gasteiger partial charge in [0.15, 0.2) is 0 Å². The highest BCUT2D eigenvalue weighted by Crippen LogP contribution is 2.27. The summed E-state index contributed by atoms with van der Waals surface area (Å²) in [5.74, 6) is 0. The van der Waals surface area contributed by atoms with E-state index in [-0.39, 0.29) is 10.1 Å². The van der Waals surface area contributed by atoms with Crippen LogP contribution in [-0.4, -0.2) is 16.3 Å². The van der Waals surface area contributed by atoms with E-state index < -0.39 is 0 Å². The van der Waals surface area contributed by atoms with Crippen LogP contribution in [0.5, 0.6) is 0 Å². The second kappa shape index (κ2) is 4.33. The first kappa shape index (κ1) is 11.3. The Bertz CT molecular complexity index is 145. The van der Waals surface area contributed by atoms with Gasteiger partial charge in [0, 0.05) is 12.0 Å². The van der Waals surface area contributed by atoms with Gasteiger partial charge in [0.05, 0.1) is 9.75 Å². The smallest absolute Gasteiger partial charge is 0.0819 e. The maximum Gasteiger partial charge on any atom is 0.0819 e. The van der Waals surface area contributed by atoms with Crippen molar-refractivity contribution in [3.05, 3.63) is 0 Å². The van der Waals surface area contributed by atoms with E-state index in [1.165, 1.54) is 11.8 Å². The van der Waals surface area contributed by atoms with E-state index in [4.69, 9.17) is 22.7 Å². The number of rotatable bonds is 3. The molecular weight excluding hydrogens is 180 g/mol. The molecule has 1 unspecified atom stereocenters. The van der Waals surface area contributed by atoms with Crippen LogP contribution in [0.1, 0.15) is 20.8 Å². The number of nitrogens with one attached hydrogen (secondary N) is 1. The molecule has 4 heteroatoms. The molecule has 0 aromatic carbocycles. The molecule has 66 valence electrons. The van der Waals surface area contributed by atoms with Crippen molar-refractivity contribution < 1.29 is 0 Å². The summed E-state index contributed by atoms with van der Waals surface area (Å²) in [5.41, 5.74) is 5.26. The zero-order chi connectivity index (χ0) is 9.07. The van der Waals surface area contributed by atoms with Crippen LogP contribution in [0.4, 0.5) is 0 Å². The summed E-state index contributed by atoms with van der Waals surface area (Å²) in [6.07, 6.45) is 0. The van der Waals surface area contributed by atoms with Crippen molar-refractivity contribution in [2.45, 2.75) is 25.5 Å². The SMILES string of the molecule is CC(Cl)SC(=N)C(C)(C)CN. The molecule has 0 aromatic heterocycles. The van der Waals surface area contributed by atoms with Crippen LogP contribution >= 0.6 is 23.4 Å². The summed E-state index contributed by atoms with van der Waals surface area (Å²) in [4.78, 5) is 0. The van der Waals surface area contributed by atoms with Crippen LogP contribution < -0.4 is 5.73 Å². The van der Waals surface area contributed by atoms with Crippen molar-refractivity contribution >= 4 is 28.4 Å². The first-order chi connectivity index (χ1) is 4.90. The van der Waals surface area contributed by atoms with Crippen LogP contribution in [0.25, 0.3) is 0 Å². The Morgan fingerprint density at radius 2 is 2.18 bits per heavy atom. The van der Waals surface area contributed by atoms with Crippen LogP contribution in [0.3, 0.4) is 0 Å². The van der Waals surface area contributed by atoms with Crippen molar-refractivity contribution in [3.8, 4) is 0 Å². The third-order valence-corrected chi connectivity index (χ3v) is 2.79. The molecule has 0 aliphatic rings. The summed E-state index contributed by atoms with van der Waals surface area (Å²) >= 11 is 7.07. The minimum Gasteiger partial charge on any atom is -0.330 e. The molecular formula is C7H15ClN2S. The maximum atomic E-state index is 7.62. The number of hydrogen-bond donors (Lipinski definition) is 2. The van der Waals surface area contributed by atoms with Gasteiger partial charge in [0.2, 0.25) is 0 Å². The Morgan fingerprint density at radius 3 is 2.45 bits per heavy atom. The highest BCUT2D eigenvalue weighted by Gasteiger charge is 2.23. The van der Waals surface area contributed by atoms with Crippen molar-refractivity contribution in [1.82, 2.24) is 0 Å². The predicted octanol–water partition coefficient (Wildman–Crippen LogP) is 2.27. The molecule has 0 saturated heterocycles. The fourth-order valence-electron chi connectivity index (χ4n) is 0.415. The Balaban J connectivity index is 4.02. The Hall–Kier alpha value is 0.270. The lowest BCUT2D eigenvalue weighted by Gasteiger charge is -2.23. The number of halogens is 1. The molecule has 0 aliphatic carbocycles. The Labute approximate surface area is 77.4 Å². The van der Waals surface area contributed by atoms with E-state index >= 15 is 0 Å². The molecule has 0 bridgehead atoms. The average Bonchev–Trinajstić information content (AvgIpc) is 1.86.